The van der Waals surface area contributed by atoms with Gasteiger partial charge in [0, 0.05) is 31.2 Å². The molecule has 0 saturated carbocycles. The Morgan fingerprint density at radius 3 is 2.73 bits per heavy atom. The van der Waals surface area contributed by atoms with E-state index in [1.54, 1.807) is 6.92 Å². The van der Waals surface area contributed by atoms with E-state index in [0.29, 0.717) is 5.69 Å². The first-order valence-corrected chi connectivity index (χ1v) is 9.56. The van der Waals surface area contributed by atoms with Crippen LogP contribution in [0, 0.1) is 6.92 Å². The first-order valence-electron chi connectivity index (χ1n) is 8.07. The summed E-state index contributed by atoms with van der Waals surface area (Å²) in [5.41, 5.74) is 2.04. The number of nitrogens with zero attached hydrogens (tertiary/aromatic N) is 2. The lowest BCUT2D eigenvalue weighted by atomic mass is 10.2. The van der Waals surface area contributed by atoms with E-state index in [4.69, 9.17) is 5.11 Å². The summed E-state index contributed by atoms with van der Waals surface area (Å²) in [5.74, 6) is 0. The summed E-state index contributed by atoms with van der Waals surface area (Å²) in [7, 11) is -4.14. The monoisotopic (exact) mass is 378 g/mol. The molecule has 2 amide bonds. The highest BCUT2D eigenvalue weighted by atomic mass is 32.2. The molecule has 0 aliphatic heterocycles. The standard InChI is InChI=1S/C17H22N4O4S/c1-3-21(9-10-22)17(23)20-26(24,25)16-12-18-8-7-15(16)19-14-6-4-5-13(2)11-14/h4-8,11-12,22H,3,9-10H2,1-2H3,(H,18,19)(H,20,23). The number of benzene rings is 1. The molecule has 0 atom stereocenters. The van der Waals surface area contributed by atoms with Crippen LogP contribution >= 0.6 is 0 Å². The Bertz CT molecular complexity index is 871. The van der Waals surface area contributed by atoms with Gasteiger partial charge in [0.1, 0.15) is 4.90 Å². The van der Waals surface area contributed by atoms with Gasteiger partial charge in [-0.1, -0.05) is 12.1 Å². The van der Waals surface area contributed by atoms with Crippen molar-refractivity contribution in [2.24, 2.45) is 0 Å². The predicted octanol–water partition coefficient (Wildman–Crippen LogP) is 1.85. The number of carbonyl (C=O) groups excluding carboxylic acids is 1. The minimum Gasteiger partial charge on any atom is -0.395 e. The molecule has 1 heterocycles. The van der Waals surface area contributed by atoms with Crippen molar-refractivity contribution in [3.63, 3.8) is 0 Å². The number of rotatable bonds is 7. The maximum atomic E-state index is 12.6. The SMILES string of the molecule is CCN(CCO)C(=O)NS(=O)(=O)c1cnccc1Nc1cccc(C)c1. The molecule has 0 bridgehead atoms. The Kier molecular flexibility index (Phi) is 6.53. The number of pyridine rings is 1. The van der Waals surface area contributed by atoms with E-state index in [1.807, 2.05) is 35.9 Å². The van der Waals surface area contributed by atoms with Crippen molar-refractivity contribution < 1.29 is 18.3 Å². The first kappa shape index (κ1) is 19.7. The van der Waals surface area contributed by atoms with Crippen molar-refractivity contribution >= 4 is 27.4 Å². The Morgan fingerprint density at radius 2 is 2.08 bits per heavy atom. The predicted molar refractivity (Wildman–Crippen MR) is 98.7 cm³/mol. The zero-order valence-electron chi connectivity index (χ0n) is 14.6. The highest BCUT2D eigenvalue weighted by Crippen LogP contribution is 2.24. The molecule has 0 radical (unpaired) electrons. The van der Waals surface area contributed by atoms with E-state index >= 15 is 0 Å². The number of likely N-dealkylation sites (N-methyl/N-ethyl adjacent to an activating group) is 1. The molecule has 3 N–H and O–H groups in total. The molecule has 2 rings (SSSR count). The van der Waals surface area contributed by atoms with Crippen LogP contribution in [-0.4, -0.2) is 49.1 Å². The van der Waals surface area contributed by atoms with Gasteiger partial charge in [-0.15, -0.1) is 0 Å². The highest BCUT2D eigenvalue weighted by molar-refractivity contribution is 7.90. The lowest BCUT2D eigenvalue weighted by molar-refractivity contribution is 0.185. The number of aromatic nitrogens is 1. The van der Waals surface area contributed by atoms with E-state index in [9.17, 15) is 13.2 Å². The number of amides is 2. The van der Waals surface area contributed by atoms with Crippen LogP contribution in [0.15, 0.2) is 47.6 Å². The van der Waals surface area contributed by atoms with Gasteiger partial charge in [-0.05, 0) is 37.6 Å². The molecule has 0 spiro atoms. The van der Waals surface area contributed by atoms with Crippen LogP contribution in [0.1, 0.15) is 12.5 Å². The molecular formula is C17H22N4O4S. The fourth-order valence-corrected chi connectivity index (χ4v) is 3.41. The third-order valence-corrected chi connectivity index (χ3v) is 4.98. The second-order valence-corrected chi connectivity index (χ2v) is 7.23. The molecule has 0 fully saturated rings. The summed E-state index contributed by atoms with van der Waals surface area (Å²) in [6, 6.07) is 8.18. The fraction of sp³-hybridized carbons (Fsp3) is 0.294. The minimum atomic E-state index is -4.14. The average Bonchev–Trinajstić information content (AvgIpc) is 2.59. The number of aliphatic hydroxyl groups is 1. The first-order chi connectivity index (χ1) is 12.4. The molecule has 0 unspecified atom stereocenters. The third kappa shape index (κ3) is 4.93. The van der Waals surface area contributed by atoms with Gasteiger partial charge in [0.15, 0.2) is 0 Å². The number of hydrogen-bond acceptors (Lipinski definition) is 6. The molecule has 140 valence electrons. The third-order valence-electron chi connectivity index (χ3n) is 3.63. The van der Waals surface area contributed by atoms with Crippen molar-refractivity contribution in [3.05, 3.63) is 48.3 Å². The van der Waals surface area contributed by atoms with Gasteiger partial charge in [0.25, 0.3) is 10.0 Å². The molecule has 8 nitrogen and oxygen atoms in total. The number of hydrogen-bond donors (Lipinski definition) is 3. The second-order valence-electron chi connectivity index (χ2n) is 5.58. The zero-order valence-corrected chi connectivity index (χ0v) is 15.5. The van der Waals surface area contributed by atoms with Crippen LogP contribution < -0.4 is 10.0 Å². The number of urea groups is 1. The van der Waals surface area contributed by atoms with Gasteiger partial charge in [0.2, 0.25) is 0 Å². The van der Waals surface area contributed by atoms with Gasteiger partial charge >= 0.3 is 6.03 Å². The molecule has 0 aliphatic rings. The number of aliphatic hydroxyl groups excluding tert-OH is 1. The van der Waals surface area contributed by atoms with Gasteiger partial charge in [-0.3, -0.25) is 4.98 Å². The van der Waals surface area contributed by atoms with Crippen LogP contribution in [-0.2, 0) is 10.0 Å². The van der Waals surface area contributed by atoms with Crippen LogP contribution in [0.5, 0.6) is 0 Å². The number of carbonyl (C=O) groups is 1. The number of nitrogens with one attached hydrogen (secondary N) is 2. The maximum Gasteiger partial charge on any atom is 0.331 e. The van der Waals surface area contributed by atoms with Gasteiger partial charge in [-0.25, -0.2) is 17.9 Å². The van der Waals surface area contributed by atoms with Crippen LogP contribution in [0.4, 0.5) is 16.2 Å². The Morgan fingerprint density at radius 1 is 1.31 bits per heavy atom. The largest absolute Gasteiger partial charge is 0.395 e. The van der Waals surface area contributed by atoms with Crippen molar-refractivity contribution in [2.75, 3.05) is 25.0 Å². The van der Waals surface area contributed by atoms with E-state index in [-0.39, 0.29) is 24.6 Å². The van der Waals surface area contributed by atoms with Crippen molar-refractivity contribution in [1.29, 1.82) is 0 Å². The molecule has 0 aliphatic carbocycles. The van der Waals surface area contributed by atoms with Crippen LogP contribution in [0.25, 0.3) is 0 Å². The van der Waals surface area contributed by atoms with E-state index < -0.39 is 16.1 Å². The van der Waals surface area contributed by atoms with E-state index in [2.05, 4.69) is 10.3 Å². The average molecular weight is 378 g/mol. The quantitative estimate of drug-likeness (QED) is 0.678. The lowest BCUT2D eigenvalue weighted by Crippen LogP contribution is -2.44. The van der Waals surface area contributed by atoms with Crippen LogP contribution in [0.3, 0.4) is 0 Å². The fourth-order valence-electron chi connectivity index (χ4n) is 2.33. The van der Waals surface area contributed by atoms with Gasteiger partial charge in [0.05, 0.1) is 12.3 Å². The second kappa shape index (κ2) is 8.63. The smallest absolute Gasteiger partial charge is 0.331 e. The summed E-state index contributed by atoms with van der Waals surface area (Å²) in [5, 5.41) is 12.0. The number of anilines is 2. The number of sulfonamides is 1. The van der Waals surface area contributed by atoms with Crippen molar-refractivity contribution in [3.8, 4) is 0 Å². The maximum absolute atomic E-state index is 12.6. The van der Waals surface area contributed by atoms with Gasteiger partial charge < -0.3 is 15.3 Å². The minimum absolute atomic E-state index is 0.0410. The van der Waals surface area contributed by atoms with Crippen LogP contribution in [0.2, 0.25) is 0 Å². The van der Waals surface area contributed by atoms with Crippen molar-refractivity contribution in [1.82, 2.24) is 14.6 Å². The molecule has 1 aromatic heterocycles. The normalized spacial score (nSPS) is 11.0. The summed E-state index contributed by atoms with van der Waals surface area (Å²) in [6.45, 7) is 3.67. The summed E-state index contributed by atoms with van der Waals surface area (Å²) in [4.78, 5) is 17.1. The Hall–Kier alpha value is -2.65. The summed E-state index contributed by atoms with van der Waals surface area (Å²) < 4.78 is 27.3. The number of aryl methyl sites for hydroxylation is 1. The molecule has 26 heavy (non-hydrogen) atoms. The van der Waals surface area contributed by atoms with Gasteiger partial charge in [-0.2, -0.15) is 0 Å². The molecule has 9 heteroatoms. The van der Waals surface area contributed by atoms with E-state index in [0.717, 1.165) is 11.3 Å². The molecule has 1 aromatic carbocycles. The molecule has 0 saturated heterocycles. The summed E-state index contributed by atoms with van der Waals surface area (Å²) in [6.07, 6.45) is 2.64. The molecule has 2 aromatic rings. The Balaban J connectivity index is 2.28. The lowest BCUT2D eigenvalue weighted by Gasteiger charge is -2.20. The van der Waals surface area contributed by atoms with Crippen molar-refractivity contribution in [2.45, 2.75) is 18.7 Å². The molecular weight excluding hydrogens is 356 g/mol. The Labute approximate surface area is 152 Å². The highest BCUT2D eigenvalue weighted by Gasteiger charge is 2.24. The summed E-state index contributed by atoms with van der Waals surface area (Å²) >= 11 is 0. The topological polar surface area (TPSA) is 112 Å². The van der Waals surface area contributed by atoms with E-state index in [1.165, 1.54) is 23.4 Å². The zero-order chi connectivity index (χ0) is 19.2.